The van der Waals surface area contributed by atoms with Crippen molar-refractivity contribution in [1.29, 1.82) is 0 Å². The molecule has 9 nitrogen and oxygen atoms in total. The number of carboxylic acids is 2. The normalized spacial score (nSPS) is 18.8. The number of thioether (sulfide) groups is 1. The van der Waals surface area contributed by atoms with Crippen LogP contribution < -0.4 is 19.7 Å². The molecule has 8 rings (SSSR count). The van der Waals surface area contributed by atoms with Gasteiger partial charge in [-0.3, -0.25) is 28.6 Å². The van der Waals surface area contributed by atoms with Crippen molar-refractivity contribution in [2.24, 2.45) is 0 Å². The van der Waals surface area contributed by atoms with Gasteiger partial charge in [-0.05, 0) is 103 Å². The first-order chi connectivity index (χ1) is 27.9. The van der Waals surface area contributed by atoms with Crippen molar-refractivity contribution < 1.29 is 24.6 Å². The molecule has 1 aromatic heterocycles. The number of hydrogen-bond donors (Lipinski definition) is 2. The summed E-state index contributed by atoms with van der Waals surface area (Å²) in [6.45, 7) is 2.86. The van der Waals surface area contributed by atoms with Crippen molar-refractivity contribution in [3.8, 4) is 0 Å². The Morgan fingerprint density at radius 1 is 0.862 bits per heavy atom. The Morgan fingerprint density at radius 2 is 1.52 bits per heavy atom. The standard InChI is InChI=1S/C46H41N3O6S3/c1-46(2,23-22-39(50)51)49-43(55)41(58-45(49)56)44-47(27-40(52)53)42(54)38(57-44)26-29-18-21-37-35(25-29)33-14-9-15-36(33)48(37)32-19-16-28(17-20-32)24-34(30-10-5-3-6-11-30)31-12-7-4-8-13-31/h3-8,10-13,16-21,24-26,33,36H,9,14-15,22-23,27H2,1-2H3,(H,50,51)(H,52,53)/b38-26+,44-41+. The summed E-state index contributed by atoms with van der Waals surface area (Å²) in [6.07, 6.45) is 7.26. The lowest BCUT2D eigenvalue weighted by Gasteiger charge is -2.34. The second kappa shape index (κ2) is 16.0. The molecule has 2 fully saturated rings. The smallest absolute Gasteiger partial charge is 0.323 e. The number of aliphatic carboxylic acids is 2. The highest BCUT2D eigenvalue weighted by atomic mass is 32.2. The number of nitrogens with zero attached hydrogens (tertiary/aromatic N) is 3. The third kappa shape index (κ3) is 7.59. The van der Waals surface area contributed by atoms with Crippen molar-refractivity contribution in [3.05, 3.63) is 150 Å². The molecule has 3 heterocycles. The molecule has 2 atom stereocenters. The summed E-state index contributed by atoms with van der Waals surface area (Å²) in [6, 6.07) is 36.1. The third-order valence-electron chi connectivity index (χ3n) is 11.2. The van der Waals surface area contributed by atoms with E-state index in [2.05, 4.69) is 95.9 Å². The molecule has 2 aliphatic heterocycles. The summed E-state index contributed by atoms with van der Waals surface area (Å²) in [5.41, 5.74) is 7.46. The molecule has 12 heteroatoms. The molecule has 4 aromatic carbocycles. The number of thiocarbonyl (C=S) groups is 1. The van der Waals surface area contributed by atoms with Gasteiger partial charge in [-0.25, -0.2) is 0 Å². The zero-order chi connectivity index (χ0) is 40.7. The van der Waals surface area contributed by atoms with Crippen LogP contribution in [0.4, 0.5) is 11.4 Å². The van der Waals surface area contributed by atoms with Crippen LogP contribution in [0, 0.1) is 0 Å². The first-order valence-electron chi connectivity index (χ1n) is 19.2. The van der Waals surface area contributed by atoms with E-state index in [9.17, 15) is 29.4 Å². The zero-order valence-electron chi connectivity index (χ0n) is 32.0. The summed E-state index contributed by atoms with van der Waals surface area (Å²) >= 11 is 7.64. The fourth-order valence-electron chi connectivity index (χ4n) is 8.43. The molecular formula is C46H41N3O6S3. The van der Waals surface area contributed by atoms with Gasteiger partial charge < -0.3 is 15.1 Å². The van der Waals surface area contributed by atoms with Gasteiger partial charge in [0, 0.05) is 35.3 Å². The average Bonchev–Trinajstić information content (AvgIpc) is 3.96. The van der Waals surface area contributed by atoms with Crippen molar-refractivity contribution in [1.82, 2.24) is 9.47 Å². The number of carboxylic acid groups (broad SMARTS) is 2. The van der Waals surface area contributed by atoms with Gasteiger partial charge in [-0.15, -0.1) is 11.3 Å². The molecule has 0 bridgehead atoms. The number of thiazole rings is 1. The molecule has 1 aliphatic carbocycles. The molecule has 1 saturated carbocycles. The van der Waals surface area contributed by atoms with Crippen LogP contribution in [0.25, 0.3) is 22.6 Å². The predicted octanol–water partition coefficient (Wildman–Crippen LogP) is 7.81. The van der Waals surface area contributed by atoms with E-state index in [0.717, 1.165) is 86.1 Å². The van der Waals surface area contributed by atoms with Crippen LogP contribution in [0.3, 0.4) is 0 Å². The zero-order valence-corrected chi connectivity index (χ0v) is 34.4. The molecule has 5 aromatic rings. The summed E-state index contributed by atoms with van der Waals surface area (Å²) < 4.78 is 1.87. The number of anilines is 2. The number of amides is 1. The van der Waals surface area contributed by atoms with Crippen molar-refractivity contribution >= 4 is 91.5 Å². The Balaban J connectivity index is 1.13. The Bertz CT molecular complexity index is 2630. The van der Waals surface area contributed by atoms with Crippen LogP contribution in [-0.4, -0.2) is 53.4 Å². The molecule has 0 radical (unpaired) electrons. The van der Waals surface area contributed by atoms with Crippen LogP contribution in [0.15, 0.2) is 108 Å². The predicted molar refractivity (Wildman–Crippen MR) is 236 cm³/mol. The van der Waals surface area contributed by atoms with Gasteiger partial charge in [0.1, 0.15) is 20.4 Å². The van der Waals surface area contributed by atoms with E-state index >= 15 is 0 Å². The third-order valence-corrected chi connectivity index (χ3v) is 13.8. The fraction of sp³-hybridized carbons (Fsp3) is 0.239. The summed E-state index contributed by atoms with van der Waals surface area (Å²) in [5.74, 6) is -2.35. The Morgan fingerprint density at radius 3 is 2.16 bits per heavy atom. The summed E-state index contributed by atoms with van der Waals surface area (Å²) in [7, 11) is 0. The molecular weight excluding hydrogens is 787 g/mol. The number of benzene rings is 4. The van der Waals surface area contributed by atoms with Gasteiger partial charge in [0.15, 0.2) is 0 Å². The van der Waals surface area contributed by atoms with E-state index in [4.69, 9.17) is 12.2 Å². The number of rotatable bonds is 11. The largest absolute Gasteiger partial charge is 0.481 e. The average molecular weight is 828 g/mol. The first kappa shape index (κ1) is 39.3. The van der Waals surface area contributed by atoms with Gasteiger partial charge in [-0.2, -0.15) is 0 Å². The molecule has 2 unspecified atom stereocenters. The van der Waals surface area contributed by atoms with Gasteiger partial charge in [0.25, 0.3) is 11.5 Å². The van der Waals surface area contributed by atoms with Crippen molar-refractivity contribution in [3.63, 3.8) is 0 Å². The molecule has 0 spiro atoms. The van der Waals surface area contributed by atoms with Crippen LogP contribution in [0.5, 0.6) is 0 Å². The molecule has 2 N–H and O–H groups in total. The summed E-state index contributed by atoms with van der Waals surface area (Å²) in [4.78, 5) is 55.0. The molecule has 3 aliphatic rings. The quantitative estimate of drug-likeness (QED) is 0.102. The number of aromatic nitrogens is 1. The lowest BCUT2D eigenvalue weighted by atomic mass is 9.95. The van der Waals surface area contributed by atoms with Crippen molar-refractivity contribution in [2.75, 3.05) is 4.90 Å². The van der Waals surface area contributed by atoms with Gasteiger partial charge in [0.2, 0.25) is 0 Å². The topological polar surface area (TPSA) is 120 Å². The van der Waals surface area contributed by atoms with Crippen LogP contribution in [0.2, 0.25) is 0 Å². The van der Waals surface area contributed by atoms with Crippen LogP contribution in [0.1, 0.15) is 79.7 Å². The second-order valence-corrected chi connectivity index (χ2v) is 18.1. The lowest BCUT2D eigenvalue weighted by Crippen LogP contribution is -2.47. The minimum absolute atomic E-state index is 0.156. The van der Waals surface area contributed by atoms with Crippen LogP contribution in [-0.2, 0) is 20.9 Å². The van der Waals surface area contributed by atoms with E-state index in [1.807, 2.05) is 18.2 Å². The van der Waals surface area contributed by atoms with Crippen LogP contribution >= 0.6 is 35.3 Å². The maximum Gasteiger partial charge on any atom is 0.323 e. The number of fused-ring (bicyclic) bond motifs is 3. The summed E-state index contributed by atoms with van der Waals surface area (Å²) in [5, 5.41) is 19.0. The van der Waals surface area contributed by atoms with E-state index in [-0.39, 0.29) is 26.7 Å². The SMILES string of the molecule is CC(C)(CCC(=O)O)N1C(=O)/C(=c2\s/c(=C/c3ccc4c(c3)C3CCCC3N4c3ccc(C=C(c4ccccc4)c4ccccc4)cc3)c(=O)n2CC(=O)O)SC1=S. The number of carbonyl (C=O) groups is 3. The molecule has 1 amide bonds. The van der Waals surface area contributed by atoms with E-state index in [1.54, 1.807) is 19.9 Å². The minimum atomic E-state index is -1.22. The highest BCUT2D eigenvalue weighted by Crippen LogP contribution is 2.52. The monoisotopic (exact) mass is 827 g/mol. The van der Waals surface area contributed by atoms with Gasteiger partial charge in [-0.1, -0.05) is 109 Å². The van der Waals surface area contributed by atoms with E-state index < -0.39 is 35.5 Å². The maximum absolute atomic E-state index is 13.9. The van der Waals surface area contributed by atoms with E-state index in [0.29, 0.717) is 16.5 Å². The maximum atomic E-state index is 13.9. The minimum Gasteiger partial charge on any atom is -0.481 e. The fourth-order valence-corrected chi connectivity index (χ4v) is 11.3. The highest BCUT2D eigenvalue weighted by molar-refractivity contribution is 8.30. The Labute approximate surface area is 349 Å². The van der Waals surface area contributed by atoms with Gasteiger partial charge >= 0.3 is 11.9 Å². The number of carbonyl (C=O) groups excluding carboxylic acids is 1. The molecule has 58 heavy (non-hydrogen) atoms. The number of hydrogen-bond acceptors (Lipinski definition) is 8. The molecule has 294 valence electrons. The first-order valence-corrected chi connectivity index (χ1v) is 21.2. The molecule has 1 saturated heterocycles. The Kier molecular flexibility index (Phi) is 10.8. The second-order valence-electron chi connectivity index (χ2n) is 15.4. The van der Waals surface area contributed by atoms with Gasteiger partial charge in [0.05, 0.1) is 4.53 Å². The van der Waals surface area contributed by atoms with E-state index in [1.165, 1.54) is 10.5 Å². The highest BCUT2D eigenvalue weighted by Gasteiger charge is 2.44. The lowest BCUT2D eigenvalue weighted by molar-refractivity contribution is -0.138. The Hall–Kier alpha value is -5.56. The van der Waals surface area contributed by atoms with Crippen molar-refractivity contribution in [2.45, 2.75) is 70.0 Å².